The molecule has 2 heterocycles. The van der Waals surface area contributed by atoms with Gasteiger partial charge in [-0.25, -0.2) is 4.39 Å². The molecule has 25 heavy (non-hydrogen) atoms. The second-order valence-corrected chi connectivity index (χ2v) is 9.37. The van der Waals surface area contributed by atoms with Crippen molar-refractivity contribution in [3.8, 4) is 0 Å². The predicted molar refractivity (Wildman–Crippen MR) is 99.2 cm³/mol. The van der Waals surface area contributed by atoms with Crippen molar-refractivity contribution in [3.05, 3.63) is 45.5 Å². The minimum Gasteiger partial charge on any atom is -0.358 e. The van der Waals surface area contributed by atoms with E-state index < -0.39 is 0 Å². The summed E-state index contributed by atoms with van der Waals surface area (Å²) >= 11 is 0. The Labute approximate surface area is 148 Å². The Morgan fingerprint density at radius 1 is 1.28 bits per heavy atom. The summed E-state index contributed by atoms with van der Waals surface area (Å²) in [6.07, 6.45) is 3.64. The molecular formula is C21H27FN2O. The average molecular weight is 342 g/mol. The topological polar surface area (TPSA) is 36.1 Å². The second-order valence-electron chi connectivity index (χ2n) is 9.37. The summed E-state index contributed by atoms with van der Waals surface area (Å²) in [6, 6.07) is 4.93. The van der Waals surface area contributed by atoms with Gasteiger partial charge >= 0.3 is 0 Å². The molecule has 4 heteroatoms. The van der Waals surface area contributed by atoms with Crippen LogP contribution in [0.4, 0.5) is 4.39 Å². The number of aryl methyl sites for hydroxylation is 1. The average Bonchev–Trinajstić information content (AvgIpc) is 2.73. The molecule has 1 aliphatic carbocycles. The summed E-state index contributed by atoms with van der Waals surface area (Å²) in [5, 5.41) is 0.453. The predicted octanol–water partition coefficient (Wildman–Crippen LogP) is 4.38. The number of halogens is 1. The number of benzene rings is 1. The molecule has 3 nitrogen and oxygen atoms in total. The van der Waals surface area contributed by atoms with Gasteiger partial charge in [-0.15, -0.1) is 0 Å². The van der Waals surface area contributed by atoms with E-state index in [9.17, 15) is 9.18 Å². The first kappa shape index (κ1) is 16.8. The van der Waals surface area contributed by atoms with E-state index in [2.05, 4.69) is 30.7 Å². The Morgan fingerprint density at radius 3 is 2.80 bits per heavy atom. The smallest absolute Gasteiger partial charge is 0.194 e. The zero-order chi connectivity index (χ0) is 18.0. The quantitative estimate of drug-likeness (QED) is 0.879. The first-order valence-corrected chi connectivity index (χ1v) is 9.21. The van der Waals surface area contributed by atoms with Crippen LogP contribution in [0.1, 0.15) is 51.3 Å². The Bertz CT molecular complexity index is 901. The third-order valence-corrected chi connectivity index (χ3v) is 6.16. The fraction of sp³-hybridized carbons (Fsp3) is 0.571. The lowest BCUT2D eigenvalue weighted by atomic mass is 9.65. The number of H-pyrrole nitrogens is 1. The third kappa shape index (κ3) is 2.91. The van der Waals surface area contributed by atoms with Crippen LogP contribution in [0.2, 0.25) is 0 Å². The fourth-order valence-corrected chi connectivity index (χ4v) is 5.58. The maximum absolute atomic E-state index is 13.6. The van der Waals surface area contributed by atoms with Gasteiger partial charge in [0.1, 0.15) is 5.82 Å². The summed E-state index contributed by atoms with van der Waals surface area (Å²) in [6.45, 7) is 10.8. The number of hydrogen-bond donors (Lipinski definition) is 1. The lowest BCUT2D eigenvalue weighted by Gasteiger charge is -2.40. The van der Waals surface area contributed by atoms with Crippen molar-refractivity contribution in [1.29, 1.82) is 0 Å². The summed E-state index contributed by atoms with van der Waals surface area (Å²) < 4.78 is 13.6. The molecule has 134 valence electrons. The van der Waals surface area contributed by atoms with Crippen LogP contribution in [-0.4, -0.2) is 22.5 Å². The zero-order valence-electron chi connectivity index (χ0n) is 15.6. The molecule has 1 saturated heterocycles. The normalized spacial score (nSPS) is 28.6. The van der Waals surface area contributed by atoms with Crippen molar-refractivity contribution in [2.24, 2.45) is 10.8 Å². The summed E-state index contributed by atoms with van der Waals surface area (Å²) in [4.78, 5) is 18.8. The van der Waals surface area contributed by atoms with E-state index in [1.54, 1.807) is 6.07 Å². The van der Waals surface area contributed by atoms with Gasteiger partial charge in [0, 0.05) is 41.3 Å². The third-order valence-electron chi connectivity index (χ3n) is 6.16. The highest BCUT2D eigenvalue weighted by Crippen LogP contribution is 2.52. The number of pyridine rings is 1. The number of hydrogen-bond acceptors (Lipinski definition) is 2. The van der Waals surface area contributed by atoms with E-state index in [4.69, 9.17) is 0 Å². The summed E-state index contributed by atoms with van der Waals surface area (Å²) in [5.41, 5.74) is 3.07. The van der Waals surface area contributed by atoms with Crippen LogP contribution in [-0.2, 0) is 6.54 Å². The van der Waals surface area contributed by atoms with E-state index >= 15 is 0 Å². The van der Waals surface area contributed by atoms with Crippen molar-refractivity contribution in [2.45, 2.75) is 59.5 Å². The highest BCUT2D eigenvalue weighted by Gasteiger charge is 2.49. The van der Waals surface area contributed by atoms with Crippen molar-refractivity contribution in [2.75, 3.05) is 6.54 Å². The fourth-order valence-electron chi connectivity index (χ4n) is 5.58. The molecular weight excluding hydrogens is 315 g/mol. The van der Waals surface area contributed by atoms with Crippen LogP contribution >= 0.6 is 0 Å². The number of likely N-dealkylation sites (tertiary alicyclic amines) is 1. The van der Waals surface area contributed by atoms with E-state index in [0.717, 1.165) is 17.8 Å². The maximum atomic E-state index is 13.6. The second kappa shape index (κ2) is 5.41. The van der Waals surface area contributed by atoms with E-state index in [0.29, 0.717) is 34.3 Å². The van der Waals surface area contributed by atoms with Gasteiger partial charge in [-0.2, -0.15) is 0 Å². The van der Waals surface area contributed by atoms with Gasteiger partial charge in [-0.1, -0.05) is 20.8 Å². The molecule has 2 atom stereocenters. The van der Waals surface area contributed by atoms with Gasteiger partial charge in [0.2, 0.25) is 0 Å². The molecule has 2 aliphatic rings. The molecule has 1 saturated carbocycles. The van der Waals surface area contributed by atoms with E-state index in [1.165, 1.54) is 31.4 Å². The lowest BCUT2D eigenvalue weighted by Crippen LogP contribution is -2.35. The minimum absolute atomic E-state index is 0.0309. The number of nitrogens with one attached hydrogen (secondary N) is 1. The zero-order valence-corrected chi connectivity index (χ0v) is 15.6. The van der Waals surface area contributed by atoms with Gasteiger partial charge in [0.05, 0.1) is 0 Å². The van der Waals surface area contributed by atoms with Crippen LogP contribution in [0.3, 0.4) is 0 Å². The SMILES string of the molecule is Cc1[nH]c2ccc(F)cc2c(=O)c1CN1C[C@]2(C)C[C@@H]1CC(C)(C)C2. The van der Waals surface area contributed by atoms with Crippen molar-refractivity contribution < 1.29 is 4.39 Å². The summed E-state index contributed by atoms with van der Waals surface area (Å²) in [5.74, 6) is -0.362. The van der Waals surface area contributed by atoms with Gasteiger partial charge in [0.15, 0.2) is 5.43 Å². The van der Waals surface area contributed by atoms with Crippen LogP contribution in [0.15, 0.2) is 23.0 Å². The molecule has 2 aromatic rings. The highest BCUT2D eigenvalue weighted by atomic mass is 19.1. The standard InChI is InChI=1S/C21H27FN2O/c1-13-17(19(25)16-7-14(22)5-6-18(16)23-13)10-24-12-21(4)9-15(24)8-20(2,3)11-21/h5-7,15H,8-12H2,1-4H3,(H,23,25)/t15-,21+/m0/s1. The Balaban J connectivity index is 1.71. The molecule has 0 amide bonds. The molecule has 0 spiro atoms. The van der Waals surface area contributed by atoms with E-state index in [1.807, 2.05) is 6.92 Å². The monoisotopic (exact) mass is 342 g/mol. The van der Waals surface area contributed by atoms with Gasteiger partial charge < -0.3 is 4.98 Å². The van der Waals surface area contributed by atoms with Gasteiger partial charge in [-0.3, -0.25) is 9.69 Å². The number of aromatic amines is 1. The molecule has 1 aromatic carbocycles. The Hall–Kier alpha value is -1.68. The Morgan fingerprint density at radius 2 is 2.04 bits per heavy atom. The van der Waals surface area contributed by atoms with Crippen LogP contribution in [0.25, 0.3) is 10.9 Å². The minimum atomic E-state index is -0.362. The van der Waals surface area contributed by atoms with Crippen LogP contribution < -0.4 is 5.43 Å². The van der Waals surface area contributed by atoms with Crippen molar-refractivity contribution in [1.82, 2.24) is 9.88 Å². The summed E-state index contributed by atoms with van der Waals surface area (Å²) in [7, 11) is 0. The van der Waals surface area contributed by atoms with Crippen molar-refractivity contribution in [3.63, 3.8) is 0 Å². The van der Waals surface area contributed by atoms with Crippen LogP contribution in [0, 0.1) is 23.6 Å². The molecule has 1 N–H and O–H groups in total. The molecule has 0 unspecified atom stereocenters. The molecule has 2 fully saturated rings. The molecule has 4 rings (SSSR count). The van der Waals surface area contributed by atoms with E-state index in [-0.39, 0.29) is 11.2 Å². The van der Waals surface area contributed by atoms with Crippen molar-refractivity contribution >= 4 is 10.9 Å². The molecule has 0 radical (unpaired) electrons. The number of rotatable bonds is 2. The van der Waals surface area contributed by atoms with Crippen LogP contribution in [0.5, 0.6) is 0 Å². The number of fused-ring (bicyclic) bond motifs is 3. The first-order valence-electron chi connectivity index (χ1n) is 9.21. The number of nitrogens with zero attached hydrogens (tertiary/aromatic N) is 1. The number of aromatic nitrogens is 1. The van der Waals surface area contributed by atoms with Gasteiger partial charge in [0.25, 0.3) is 0 Å². The molecule has 2 bridgehead atoms. The van der Waals surface area contributed by atoms with Gasteiger partial charge in [-0.05, 0) is 55.2 Å². The molecule has 1 aliphatic heterocycles. The first-order chi connectivity index (χ1) is 11.7. The highest BCUT2D eigenvalue weighted by molar-refractivity contribution is 5.79. The maximum Gasteiger partial charge on any atom is 0.194 e. The molecule has 1 aromatic heterocycles. The lowest BCUT2D eigenvalue weighted by molar-refractivity contribution is 0.126. The largest absolute Gasteiger partial charge is 0.358 e. The Kier molecular flexibility index (Phi) is 3.63.